The molecule has 0 unspecified atom stereocenters. The van der Waals surface area contributed by atoms with Crippen LogP contribution in [0.2, 0.25) is 0 Å². The maximum absolute atomic E-state index is 12.8. The number of hydrogen-bond acceptors (Lipinski definition) is 5. The molecule has 0 amide bonds. The van der Waals surface area contributed by atoms with E-state index >= 15 is 0 Å². The molecule has 0 aromatic carbocycles. The van der Waals surface area contributed by atoms with Gasteiger partial charge in [-0.25, -0.2) is 13.4 Å². The molecule has 0 atom stereocenters. The number of anilines is 1. The Morgan fingerprint density at radius 2 is 2.04 bits per heavy atom. The second-order valence-electron chi connectivity index (χ2n) is 4.59. The van der Waals surface area contributed by atoms with Gasteiger partial charge in [-0.2, -0.15) is 13.2 Å². The molecule has 2 aromatic rings. The zero-order chi connectivity index (χ0) is 17.4. The van der Waals surface area contributed by atoms with Crippen LogP contribution in [-0.2, 0) is 29.7 Å². The Kier molecular flexibility index (Phi) is 4.53. The molecular formula is C12H12F3N3O3S2. The van der Waals surface area contributed by atoms with E-state index in [9.17, 15) is 26.4 Å². The highest BCUT2D eigenvalue weighted by Crippen LogP contribution is 2.30. The van der Waals surface area contributed by atoms with Gasteiger partial charge in [-0.15, -0.1) is 11.3 Å². The molecule has 2 heterocycles. The molecule has 23 heavy (non-hydrogen) atoms. The first kappa shape index (κ1) is 17.5. The van der Waals surface area contributed by atoms with Crippen molar-refractivity contribution in [2.75, 3.05) is 4.72 Å². The summed E-state index contributed by atoms with van der Waals surface area (Å²) in [4.78, 5) is 15.8. The number of nitrogens with one attached hydrogen (secondary N) is 1. The highest BCUT2D eigenvalue weighted by Gasteiger charge is 2.32. The molecule has 1 N–H and O–H groups in total. The van der Waals surface area contributed by atoms with Crippen LogP contribution in [0.1, 0.15) is 17.5 Å². The summed E-state index contributed by atoms with van der Waals surface area (Å²) >= 11 is 0.886. The fraction of sp³-hybridized carbons (Fsp3) is 0.333. The summed E-state index contributed by atoms with van der Waals surface area (Å²) in [5.41, 5.74) is -2.69. The van der Waals surface area contributed by atoms with Gasteiger partial charge in [-0.3, -0.25) is 9.52 Å². The van der Waals surface area contributed by atoms with E-state index in [4.69, 9.17) is 0 Å². The van der Waals surface area contributed by atoms with Crippen LogP contribution in [0.3, 0.4) is 0 Å². The average Bonchev–Trinajstić information content (AvgIpc) is 2.92. The molecule has 0 spiro atoms. The standard InChI is InChI=1S/C12H12F3N3O3S2/c1-3-9-16-5-10(22-9)23(20,21)17-8-4-7(12(13,14)15)6-18(2)11(8)19/h4-6,17H,3H2,1-2H3. The summed E-state index contributed by atoms with van der Waals surface area (Å²) in [6.07, 6.45) is -2.48. The molecule has 0 bridgehead atoms. The molecule has 0 saturated carbocycles. The number of aryl methyl sites for hydroxylation is 2. The average molecular weight is 367 g/mol. The van der Waals surface area contributed by atoms with Crippen LogP contribution in [0.25, 0.3) is 0 Å². The number of hydrogen-bond donors (Lipinski definition) is 1. The van der Waals surface area contributed by atoms with Crippen molar-refractivity contribution in [1.82, 2.24) is 9.55 Å². The Hall–Kier alpha value is -1.88. The Morgan fingerprint density at radius 3 is 2.57 bits per heavy atom. The molecule has 6 nitrogen and oxygen atoms in total. The van der Waals surface area contributed by atoms with Crippen LogP contribution in [0.5, 0.6) is 0 Å². The normalized spacial score (nSPS) is 12.4. The van der Waals surface area contributed by atoms with Gasteiger partial charge in [0.05, 0.1) is 16.8 Å². The topological polar surface area (TPSA) is 81.1 Å². The molecule has 0 aliphatic rings. The maximum Gasteiger partial charge on any atom is 0.417 e. The van der Waals surface area contributed by atoms with E-state index in [1.54, 1.807) is 6.92 Å². The van der Waals surface area contributed by atoms with Gasteiger partial charge >= 0.3 is 6.18 Å². The second-order valence-corrected chi connectivity index (χ2v) is 7.61. The number of pyridine rings is 1. The van der Waals surface area contributed by atoms with Gasteiger partial charge in [-0.05, 0) is 12.5 Å². The highest BCUT2D eigenvalue weighted by molar-refractivity contribution is 7.94. The van der Waals surface area contributed by atoms with Crippen LogP contribution in [0.4, 0.5) is 18.9 Å². The maximum atomic E-state index is 12.8. The minimum Gasteiger partial charge on any atom is -0.316 e. The van der Waals surface area contributed by atoms with Crippen molar-refractivity contribution < 1.29 is 21.6 Å². The van der Waals surface area contributed by atoms with E-state index in [-0.39, 0.29) is 4.21 Å². The molecule has 11 heteroatoms. The molecule has 0 fully saturated rings. The van der Waals surface area contributed by atoms with E-state index in [1.165, 1.54) is 0 Å². The summed E-state index contributed by atoms with van der Waals surface area (Å²) < 4.78 is 65.1. The number of alkyl halides is 3. The lowest BCUT2D eigenvalue weighted by Gasteiger charge is -2.12. The van der Waals surface area contributed by atoms with E-state index in [0.717, 1.165) is 24.6 Å². The predicted octanol–water partition coefficient (Wildman–Crippen LogP) is 2.22. The van der Waals surface area contributed by atoms with Crippen LogP contribution in [0, 0.1) is 0 Å². The lowest BCUT2D eigenvalue weighted by atomic mass is 10.2. The fourth-order valence-corrected chi connectivity index (χ4v) is 3.88. The molecular weight excluding hydrogens is 355 g/mol. The van der Waals surface area contributed by atoms with E-state index in [2.05, 4.69) is 4.98 Å². The van der Waals surface area contributed by atoms with Gasteiger partial charge in [0.2, 0.25) is 0 Å². The van der Waals surface area contributed by atoms with Gasteiger partial charge in [0.15, 0.2) is 4.21 Å². The second kappa shape index (κ2) is 5.96. The molecule has 0 aliphatic carbocycles. The van der Waals surface area contributed by atoms with Crippen molar-refractivity contribution in [2.45, 2.75) is 23.7 Å². The minimum atomic E-state index is -4.70. The number of sulfonamides is 1. The third kappa shape index (κ3) is 3.72. The largest absolute Gasteiger partial charge is 0.417 e. The molecule has 0 aliphatic heterocycles. The Morgan fingerprint density at radius 1 is 1.39 bits per heavy atom. The zero-order valence-corrected chi connectivity index (χ0v) is 13.6. The van der Waals surface area contributed by atoms with Crippen LogP contribution in [0.15, 0.2) is 27.5 Å². The number of thiazole rings is 1. The van der Waals surface area contributed by atoms with Crippen LogP contribution < -0.4 is 10.3 Å². The van der Waals surface area contributed by atoms with Gasteiger partial charge < -0.3 is 4.57 Å². The SMILES string of the molecule is CCc1ncc(S(=O)(=O)Nc2cc(C(F)(F)F)cn(C)c2=O)s1. The molecule has 0 radical (unpaired) electrons. The Bertz CT molecular complexity index is 885. The molecule has 2 rings (SSSR count). The zero-order valence-electron chi connectivity index (χ0n) is 12.0. The summed E-state index contributed by atoms with van der Waals surface area (Å²) in [5, 5.41) is 0.558. The lowest BCUT2D eigenvalue weighted by molar-refractivity contribution is -0.138. The Labute approximate surface area is 133 Å². The van der Waals surface area contributed by atoms with Gasteiger partial charge in [0, 0.05) is 13.2 Å². The van der Waals surface area contributed by atoms with Crippen molar-refractivity contribution in [3.8, 4) is 0 Å². The van der Waals surface area contributed by atoms with Crippen molar-refractivity contribution in [3.05, 3.63) is 39.4 Å². The van der Waals surface area contributed by atoms with Gasteiger partial charge in [0.25, 0.3) is 15.6 Å². The smallest absolute Gasteiger partial charge is 0.316 e. The predicted molar refractivity (Wildman–Crippen MR) is 79.0 cm³/mol. The van der Waals surface area contributed by atoms with Crippen molar-refractivity contribution in [3.63, 3.8) is 0 Å². The first-order chi connectivity index (χ1) is 10.5. The minimum absolute atomic E-state index is 0.172. The summed E-state index contributed by atoms with van der Waals surface area (Å²) in [7, 11) is -3.07. The monoisotopic (exact) mass is 367 g/mol. The first-order valence-electron chi connectivity index (χ1n) is 6.30. The summed E-state index contributed by atoms with van der Waals surface area (Å²) in [5.74, 6) is 0. The van der Waals surface area contributed by atoms with E-state index < -0.39 is 33.0 Å². The molecule has 0 saturated heterocycles. The van der Waals surface area contributed by atoms with Crippen LogP contribution >= 0.6 is 11.3 Å². The third-order valence-electron chi connectivity index (χ3n) is 2.85. The van der Waals surface area contributed by atoms with E-state index in [1.807, 2.05) is 4.72 Å². The number of rotatable bonds is 4. The van der Waals surface area contributed by atoms with Crippen molar-refractivity contribution >= 4 is 27.0 Å². The van der Waals surface area contributed by atoms with Crippen molar-refractivity contribution in [1.29, 1.82) is 0 Å². The van der Waals surface area contributed by atoms with Crippen LogP contribution in [-0.4, -0.2) is 18.0 Å². The molecule has 126 valence electrons. The number of aromatic nitrogens is 2. The summed E-state index contributed by atoms with van der Waals surface area (Å²) in [6.45, 7) is 1.78. The first-order valence-corrected chi connectivity index (χ1v) is 8.60. The lowest BCUT2D eigenvalue weighted by Crippen LogP contribution is -2.25. The van der Waals surface area contributed by atoms with E-state index in [0.29, 0.717) is 28.3 Å². The number of nitrogens with zero attached hydrogens (tertiary/aromatic N) is 2. The highest BCUT2D eigenvalue weighted by atomic mass is 32.2. The van der Waals surface area contributed by atoms with Crippen molar-refractivity contribution in [2.24, 2.45) is 7.05 Å². The quantitative estimate of drug-likeness (QED) is 0.899. The number of halogens is 3. The summed E-state index contributed by atoms with van der Waals surface area (Å²) in [6, 6.07) is 0.474. The van der Waals surface area contributed by atoms with Gasteiger partial charge in [0.1, 0.15) is 5.69 Å². The van der Waals surface area contributed by atoms with Gasteiger partial charge in [-0.1, -0.05) is 6.92 Å². The third-order valence-corrected chi connectivity index (χ3v) is 5.82. The molecule has 2 aromatic heterocycles. The Balaban J connectivity index is 2.47. The fourth-order valence-electron chi connectivity index (χ4n) is 1.72.